The normalized spacial score (nSPS) is 12.8. The van der Waals surface area contributed by atoms with E-state index < -0.39 is 0 Å². The number of rotatable bonds is 4. The van der Waals surface area contributed by atoms with Crippen molar-refractivity contribution in [2.45, 2.75) is 18.8 Å². The van der Waals surface area contributed by atoms with Crippen molar-refractivity contribution in [3.05, 3.63) is 24.3 Å². The molecule has 0 aliphatic heterocycles. The van der Waals surface area contributed by atoms with Crippen LogP contribution in [0.3, 0.4) is 0 Å². The highest BCUT2D eigenvalue weighted by atomic mass is 32.2. The summed E-state index contributed by atoms with van der Waals surface area (Å²) in [5.41, 5.74) is 1.01. The zero-order valence-corrected chi connectivity index (χ0v) is 7.79. The van der Waals surface area contributed by atoms with Gasteiger partial charge in [0.1, 0.15) is 6.33 Å². The van der Waals surface area contributed by atoms with Gasteiger partial charge in [-0.05, 0) is 13.0 Å². The molecule has 0 aromatic carbocycles. The average Bonchev–Trinajstić information content (AvgIpc) is 2.05. The van der Waals surface area contributed by atoms with Crippen molar-refractivity contribution >= 4 is 11.8 Å². The predicted molar refractivity (Wildman–Crippen MR) is 49.9 cm³/mol. The van der Waals surface area contributed by atoms with Gasteiger partial charge in [-0.25, -0.2) is 9.97 Å². The van der Waals surface area contributed by atoms with Crippen LogP contribution in [0.1, 0.15) is 12.6 Å². The fourth-order valence-electron chi connectivity index (χ4n) is 0.738. The standard InChI is InChI=1S/C8H12N2OS/c1-7(11)4-12-5-8-2-3-9-6-10-8/h2-3,6-7,11H,4-5H2,1H3. The molecule has 0 fully saturated rings. The van der Waals surface area contributed by atoms with Crippen LogP contribution in [0.2, 0.25) is 0 Å². The smallest absolute Gasteiger partial charge is 0.115 e. The van der Waals surface area contributed by atoms with Gasteiger partial charge in [0.15, 0.2) is 0 Å². The lowest BCUT2D eigenvalue weighted by Crippen LogP contribution is -2.03. The Labute approximate surface area is 76.2 Å². The Kier molecular flexibility index (Phi) is 4.04. The van der Waals surface area contributed by atoms with E-state index in [0.29, 0.717) is 0 Å². The SMILES string of the molecule is CC(O)CSCc1ccncn1. The van der Waals surface area contributed by atoms with Gasteiger partial charge < -0.3 is 5.11 Å². The molecule has 12 heavy (non-hydrogen) atoms. The fraction of sp³-hybridized carbons (Fsp3) is 0.500. The van der Waals surface area contributed by atoms with E-state index in [9.17, 15) is 0 Å². The Morgan fingerprint density at radius 1 is 1.67 bits per heavy atom. The topological polar surface area (TPSA) is 46.0 Å². The van der Waals surface area contributed by atoms with Gasteiger partial charge in [-0.1, -0.05) is 0 Å². The second-order valence-corrected chi connectivity index (χ2v) is 3.60. The molecule has 0 radical (unpaired) electrons. The first kappa shape index (κ1) is 9.48. The number of hydrogen-bond acceptors (Lipinski definition) is 4. The molecule has 0 spiro atoms. The minimum absolute atomic E-state index is 0.239. The highest BCUT2D eigenvalue weighted by Gasteiger charge is 1.97. The molecule has 3 nitrogen and oxygen atoms in total. The summed E-state index contributed by atoms with van der Waals surface area (Å²) in [5, 5.41) is 8.98. The second kappa shape index (κ2) is 5.11. The summed E-state index contributed by atoms with van der Waals surface area (Å²) in [7, 11) is 0. The van der Waals surface area contributed by atoms with E-state index in [4.69, 9.17) is 5.11 Å². The molecule has 4 heteroatoms. The molecule has 1 N–H and O–H groups in total. The lowest BCUT2D eigenvalue weighted by atomic mass is 10.5. The van der Waals surface area contributed by atoms with Crippen molar-refractivity contribution in [1.29, 1.82) is 0 Å². The number of aliphatic hydroxyl groups is 1. The molecule has 1 unspecified atom stereocenters. The number of aliphatic hydroxyl groups excluding tert-OH is 1. The van der Waals surface area contributed by atoms with Crippen molar-refractivity contribution in [1.82, 2.24) is 9.97 Å². The minimum Gasteiger partial charge on any atom is -0.393 e. The van der Waals surface area contributed by atoms with Crippen molar-refractivity contribution in [2.24, 2.45) is 0 Å². The summed E-state index contributed by atoms with van der Waals surface area (Å²) >= 11 is 1.67. The third-order valence-corrected chi connectivity index (χ3v) is 2.47. The van der Waals surface area contributed by atoms with Gasteiger partial charge in [-0.2, -0.15) is 11.8 Å². The molecule has 0 saturated carbocycles. The average molecular weight is 184 g/mol. The van der Waals surface area contributed by atoms with Gasteiger partial charge >= 0.3 is 0 Å². The van der Waals surface area contributed by atoms with E-state index in [1.165, 1.54) is 6.33 Å². The monoisotopic (exact) mass is 184 g/mol. The Hall–Kier alpha value is -0.610. The van der Waals surface area contributed by atoms with E-state index in [2.05, 4.69) is 9.97 Å². The summed E-state index contributed by atoms with van der Waals surface area (Å²) in [6.07, 6.45) is 3.03. The van der Waals surface area contributed by atoms with Crippen LogP contribution >= 0.6 is 11.8 Å². The summed E-state index contributed by atoms with van der Waals surface area (Å²) < 4.78 is 0. The number of nitrogens with zero attached hydrogens (tertiary/aromatic N) is 2. The Morgan fingerprint density at radius 3 is 3.08 bits per heavy atom. The summed E-state index contributed by atoms with van der Waals surface area (Å²) in [4.78, 5) is 7.88. The number of hydrogen-bond donors (Lipinski definition) is 1. The van der Waals surface area contributed by atoms with Gasteiger partial charge in [0.05, 0.1) is 11.8 Å². The molecule has 1 rings (SSSR count). The van der Waals surface area contributed by atoms with Gasteiger partial charge in [-0.15, -0.1) is 0 Å². The first-order valence-electron chi connectivity index (χ1n) is 3.79. The van der Waals surface area contributed by atoms with E-state index in [0.717, 1.165) is 17.2 Å². The molecular weight excluding hydrogens is 172 g/mol. The van der Waals surface area contributed by atoms with Crippen LogP contribution in [0.15, 0.2) is 18.6 Å². The molecule has 0 bridgehead atoms. The maximum atomic E-state index is 8.98. The first-order valence-corrected chi connectivity index (χ1v) is 4.95. The van der Waals surface area contributed by atoms with Crippen molar-refractivity contribution < 1.29 is 5.11 Å². The maximum Gasteiger partial charge on any atom is 0.115 e. The van der Waals surface area contributed by atoms with Crippen molar-refractivity contribution in [3.8, 4) is 0 Å². The summed E-state index contributed by atoms with van der Waals surface area (Å²) in [6.45, 7) is 1.78. The third kappa shape index (κ3) is 3.69. The van der Waals surface area contributed by atoms with E-state index in [1.807, 2.05) is 6.07 Å². The zero-order chi connectivity index (χ0) is 8.81. The molecule has 66 valence electrons. The van der Waals surface area contributed by atoms with Crippen LogP contribution in [-0.4, -0.2) is 26.9 Å². The number of aromatic nitrogens is 2. The van der Waals surface area contributed by atoms with Crippen LogP contribution in [0, 0.1) is 0 Å². The van der Waals surface area contributed by atoms with Gasteiger partial charge in [-0.3, -0.25) is 0 Å². The second-order valence-electron chi connectivity index (χ2n) is 2.56. The van der Waals surface area contributed by atoms with Crippen LogP contribution < -0.4 is 0 Å². The predicted octanol–water partition coefficient (Wildman–Crippen LogP) is 1.09. The fourth-order valence-corrected chi connectivity index (χ4v) is 1.58. The van der Waals surface area contributed by atoms with Crippen LogP contribution in [0.25, 0.3) is 0 Å². The quantitative estimate of drug-likeness (QED) is 0.761. The van der Waals surface area contributed by atoms with Crippen LogP contribution in [0.4, 0.5) is 0 Å². The minimum atomic E-state index is -0.239. The molecule has 0 aliphatic rings. The Balaban J connectivity index is 2.25. The zero-order valence-electron chi connectivity index (χ0n) is 6.97. The molecule has 0 amide bonds. The number of thioether (sulfide) groups is 1. The molecule has 1 atom stereocenters. The maximum absolute atomic E-state index is 8.98. The van der Waals surface area contributed by atoms with Crippen LogP contribution in [-0.2, 0) is 5.75 Å². The molecule has 1 heterocycles. The van der Waals surface area contributed by atoms with Crippen molar-refractivity contribution in [2.75, 3.05) is 5.75 Å². The van der Waals surface area contributed by atoms with Crippen molar-refractivity contribution in [3.63, 3.8) is 0 Å². The molecular formula is C8H12N2OS. The summed E-state index contributed by atoms with van der Waals surface area (Å²) in [6, 6.07) is 1.88. The van der Waals surface area contributed by atoms with Gasteiger partial charge in [0.2, 0.25) is 0 Å². The van der Waals surface area contributed by atoms with Crippen LogP contribution in [0.5, 0.6) is 0 Å². The summed E-state index contributed by atoms with van der Waals surface area (Å²) in [5.74, 6) is 1.59. The van der Waals surface area contributed by atoms with E-state index in [1.54, 1.807) is 24.9 Å². The lowest BCUT2D eigenvalue weighted by molar-refractivity contribution is 0.220. The molecule has 1 aromatic heterocycles. The van der Waals surface area contributed by atoms with E-state index in [-0.39, 0.29) is 6.10 Å². The Morgan fingerprint density at radius 2 is 2.50 bits per heavy atom. The Bertz CT molecular complexity index is 216. The molecule has 1 aromatic rings. The highest BCUT2D eigenvalue weighted by molar-refractivity contribution is 7.98. The molecule has 0 aliphatic carbocycles. The highest BCUT2D eigenvalue weighted by Crippen LogP contribution is 2.09. The molecule has 0 saturated heterocycles. The lowest BCUT2D eigenvalue weighted by Gasteiger charge is -2.02. The first-order chi connectivity index (χ1) is 5.79. The van der Waals surface area contributed by atoms with E-state index >= 15 is 0 Å². The van der Waals surface area contributed by atoms with Gasteiger partial charge in [0.25, 0.3) is 0 Å². The third-order valence-electron chi connectivity index (χ3n) is 1.25. The van der Waals surface area contributed by atoms with Gasteiger partial charge in [0, 0.05) is 17.7 Å². The largest absolute Gasteiger partial charge is 0.393 e.